The van der Waals surface area contributed by atoms with Gasteiger partial charge in [-0.2, -0.15) is 0 Å². The number of hydrogen-bond acceptors (Lipinski definition) is 3. The Hall–Kier alpha value is -0.620. The summed E-state index contributed by atoms with van der Waals surface area (Å²) >= 11 is 9.33. The highest BCUT2D eigenvalue weighted by atomic mass is 79.9. The molecule has 4 nitrogen and oxygen atoms in total. The molecule has 1 aromatic carbocycles. The molecule has 1 atom stereocenters. The summed E-state index contributed by atoms with van der Waals surface area (Å²) in [5.74, 6) is -0.166. The lowest BCUT2D eigenvalue weighted by atomic mass is 10.2. The first-order valence-corrected chi connectivity index (χ1v) is 8.26. The molecule has 0 aliphatic carbocycles. The largest absolute Gasteiger partial charge is 0.379 e. The molecule has 0 spiro atoms. The fraction of sp³-hybridized carbons (Fsp3) is 0.533. The molecule has 1 aliphatic heterocycles. The fourth-order valence-electron chi connectivity index (χ4n) is 2.13. The first-order valence-electron chi connectivity index (χ1n) is 7.09. The van der Waals surface area contributed by atoms with E-state index >= 15 is 0 Å². The lowest BCUT2D eigenvalue weighted by Crippen LogP contribution is -2.26. The van der Waals surface area contributed by atoms with E-state index in [9.17, 15) is 4.79 Å². The monoisotopic (exact) mass is 375 g/mol. The quantitative estimate of drug-likeness (QED) is 0.742. The van der Waals surface area contributed by atoms with Crippen LogP contribution in [0.2, 0.25) is 5.02 Å². The zero-order valence-corrected chi connectivity index (χ0v) is 14.1. The van der Waals surface area contributed by atoms with E-state index in [4.69, 9.17) is 21.1 Å². The second-order valence-corrected chi connectivity index (χ2v) is 6.27. The van der Waals surface area contributed by atoms with Crippen LogP contribution in [0.3, 0.4) is 0 Å². The number of rotatable bonds is 7. The maximum atomic E-state index is 12.0. The molecular weight excluding hydrogens is 358 g/mol. The van der Waals surface area contributed by atoms with Crippen molar-refractivity contribution in [2.24, 2.45) is 0 Å². The van der Waals surface area contributed by atoms with Crippen LogP contribution in [0.15, 0.2) is 22.7 Å². The van der Waals surface area contributed by atoms with Crippen molar-refractivity contribution in [3.05, 3.63) is 33.3 Å². The predicted octanol–water partition coefficient (Wildman–Crippen LogP) is 3.42. The van der Waals surface area contributed by atoms with Gasteiger partial charge in [0.1, 0.15) is 0 Å². The van der Waals surface area contributed by atoms with Gasteiger partial charge in [0.2, 0.25) is 0 Å². The maximum absolute atomic E-state index is 12.0. The van der Waals surface area contributed by atoms with E-state index in [2.05, 4.69) is 21.2 Å². The van der Waals surface area contributed by atoms with Crippen LogP contribution in [0.1, 0.15) is 29.6 Å². The number of hydrogen-bond donors (Lipinski definition) is 1. The molecule has 0 bridgehead atoms. The average Bonchev–Trinajstić information content (AvgIpc) is 2.98. The summed E-state index contributed by atoms with van der Waals surface area (Å²) < 4.78 is 11.8. The molecule has 1 aliphatic rings. The minimum Gasteiger partial charge on any atom is -0.379 e. The molecule has 1 unspecified atom stereocenters. The SMILES string of the molecule is O=C(NCCCOCC1CCCO1)c1cc(Br)ccc1Cl. The van der Waals surface area contributed by atoms with Gasteiger partial charge in [-0.05, 0) is 37.5 Å². The molecule has 0 saturated carbocycles. The van der Waals surface area contributed by atoms with Gasteiger partial charge >= 0.3 is 0 Å². The Labute approximate surface area is 138 Å². The van der Waals surface area contributed by atoms with Crippen molar-refractivity contribution in [2.75, 3.05) is 26.4 Å². The number of carbonyl (C=O) groups excluding carboxylic acids is 1. The summed E-state index contributed by atoms with van der Waals surface area (Å²) in [5, 5.41) is 3.29. The number of carbonyl (C=O) groups is 1. The molecule has 1 N–H and O–H groups in total. The van der Waals surface area contributed by atoms with E-state index in [1.807, 2.05) is 0 Å². The summed E-state index contributed by atoms with van der Waals surface area (Å²) in [6.45, 7) is 2.67. The molecule has 1 aromatic rings. The lowest BCUT2D eigenvalue weighted by molar-refractivity contribution is 0.0166. The van der Waals surface area contributed by atoms with Crippen molar-refractivity contribution in [2.45, 2.75) is 25.4 Å². The fourth-order valence-corrected chi connectivity index (χ4v) is 2.70. The van der Waals surface area contributed by atoms with E-state index in [0.29, 0.717) is 30.3 Å². The molecule has 0 radical (unpaired) electrons. The van der Waals surface area contributed by atoms with E-state index in [1.165, 1.54) is 0 Å². The summed E-state index contributed by atoms with van der Waals surface area (Å²) in [6, 6.07) is 5.22. The van der Waals surface area contributed by atoms with E-state index in [1.54, 1.807) is 18.2 Å². The molecule has 6 heteroatoms. The molecule has 2 rings (SSSR count). The first kappa shape index (κ1) is 16.7. The van der Waals surface area contributed by atoms with Gasteiger partial charge in [-0.1, -0.05) is 27.5 Å². The van der Waals surface area contributed by atoms with Gasteiger partial charge in [-0.3, -0.25) is 4.79 Å². The summed E-state index contributed by atoms with van der Waals surface area (Å²) in [7, 11) is 0. The number of ether oxygens (including phenoxy) is 2. The molecule has 1 saturated heterocycles. The second-order valence-electron chi connectivity index (χ2n) is 4.94. The third-order valence-corrected chi connectivity index (χ3v) is 4.07. The highest BCUT2D eigenvalue weighted by molar-refractivity contribution is 9.10. The smallest absolute Gasteiger partial charge is 0.252 e. The van der Waals surface area contributed by atoms with Crippen molar-refractivity contribution in [1.29, 1.82) is 0 Å². The Bertz CT molecular complexity index is 478. The van der Waals surface area contributed by atoms with Crippen LogP contribution in [-0.2, 0) is 9.47 Å². The topological polar surface area (TPSA) is 47.6 Å². The van der Waals surface area contributed by atoms with Crippen LogP contribution in [-0.4, -0.2) is 38.4 Å². The zero-order chi connectivity index (χ0) is 15.1. The van der Waals surface area contributed by atoms with Gasteiger partial charge in [0.05, 0.1) is 23.3 Å². The highest BCUT2D eigenvalue weighted by Gasteiger charge is 2.15. The molecule has 1 heterocycles. The van der Waals surface area contributed by atoms with Crippen molar-refractivity contribution in [1.82, 2.24) is 5.32 Å². The van der Waals surface area contributed by atoms with E-state index in [-0.39, 0.29) is 12.0 Å². The minimum atomic E-state index is -0.166. The van der Waals surface area contributed by atoms with Crippen LogP contribution in [0.25, 0.3) is 0 Å². The maximum Gasteiger partial charge on any atom is 0.252 e. The molecule has 1 amide bonds. The minimum absolute atomic E-state index is 0.166. The van der Waals surface area contributed by atoms with E-state index in [0.717, 1.165) is 30.3 Å². The first-order chi connectivity index (χ1) is 10.2. The van der Waals surface area contributed by atoms with Crippen molar-refractivity contribution in [3.8, 4) is 0 Å². The summed E-state index contributed by atoms with van der Waals surface area (Å²) in [6.07, 6.45) is 3.22. The van der Waals surface area contributed by atoms with Gasteiger partial charge in [-0.25, -0.2) is 0 Å². The normalized spacial score (nSPS) is 17.9. The Morgan fingerprint density at radius 1 is 1.52 bits per heavy atom. The molecule has 21 heavy (non-hydrogen) atoms. The third-order valence-electron chi connectivity index (χ3n) is 3.25. The van der Waals surface area contributed by atoms with Crippen LogP contribution in [0.5, 0.6) is 0 Å². The molecular formula is C15H19BrClNO3. The summed E-state index contributed by atoms with van der Waals surface area (Å²) in [5.41, 5.74) is 0.478. The van der Waals surface area contributed by atoms with Crippen molar-refractivity contribution in [3.63, 3.8) is 0 Å². The Morgan fingerprint density at radius 3 is 3.14 bits per heavy atom. The lowest BCUT2D eigenvalue weighted by Gasteiger charge is -2.10. The zero-order valence-electron chi connectivity index (χ0n) is 11.7. The molecule has 116 valence electrons. The number of halogens is 2. The number of benzene rings is 1. The van der Waals surface area contributed by atoms with Crippen LogP contribution < -0.4 is 5.32 Å². The van der Waals surface area contributed by atoms with Gasteiger partial charge in [-0.15, -0.1) is 0 Å². The van der Waals surface area contributed by atoms with Gasteiger partial charge < -0.3 is 14.8 Å². The third kappa shape index (κ3) is 5.58. The van der Waals surface area contributed by atoms with Gasteiger partial charge in [0.25, 0.3) is 5.91 Å². The summed E-state index contributed by atoms with van der Waals surface area (Å²) in [4.78, 5) is 12.0. The Balaban J connectivity index is 1.61. The molecule has 1 fully saturated rings. The van der Waals surface area contributed by atoms with Crippen LogP contribution >= 0.6 is 27.5 Å². The molecule has 0 aromatic heterocycles. The van der Waals surface area contributed by atoms with E-state index < -0.39 is 0 Å². The van der Waals surface area contributed by atoms with Crippen LogP contribution in [0.4, 0.5) is 0 Å². The number of nitrogens with one attached hydrogen (secondary N) is 1. The van der Waals surface area contributed by atoms with Gasteiger partial charge in [0.15, 0.2) is 0 Å². The van der Waals surface area contributed by atoms with Crippen molar-refractivity contribution < 1.29 is 14.3 Å². The predicted molar refractivity (Wildman–Crippen MR) is 85.9 cm³/mol. The average molecular weight is 377 g/mol. The Morgan fingerprint density at radius 2 is 2.38 bits per heavy atom. The van der Waals surface area contributed by atoms with Crippen LogP contribution in [0, 0.1) is 0 Å². The standard InChI is InChI=1S/C15H19BrClNO3/c16-11-4-5-14(17)13(9-11)15(19)18-6-2-7-20-10-12-3-1-8-21-12/h4-5,9,12H,1-3,6-8,10H2,(H,18,19). The second kappa shape index (κ2) is 8.73. The highest BCUT2D eigenvalue weighted by Crippen LogP contribution is 2.20. The Kier molecular flexibility index (Phi) is 6.96. The number of amides is 1. The van der Waals surface area contributed by atoms with Crippen molar-refractivity contribution >= 4 is 33.4 Å². The van der Waals surface area contributed by atoms with Gasteiger partial charge in [0, 0.05) is 24.2 Å².